The largest absolute Gasteiger partial charge is 0.361 e. The highest BCUT2D eigenvalue weighted by Crippen LogP contribution is 2.33. The fraction of sp³-hybridized carbons (Fsp3) is 0.375. The van der Waals surface area contributed by atoms with Gasteiger partial charge in [0.1, 0.15) is 0 Å². The van der Waals surface area contributed by atoms with Gasteiger partial charge < -0.3 is 21.4 Å². The maximum Gasteiger partial charge on any atom is 0.0465 e. The monoisotopic (exact) mass is 270 g/mol. The Labute approximate surface area is 118 Å². The Morgan fingerprint density at radius 2 is 1.10 bits per heavy atom. The number of aromatic nitrogens is 2. The molecule has 2 heterocycles. The van der Waals surface area contributed by atoms with E-state index in [1.165, 1.54) is 0 Å². The summed E-state index contributed by atoms with van der Waals surface area (Å²) < 4.78 is 0. The van der Waals surface area contributed by atoms with Crippen molar-refractivity contribution in [2.45, 2.75) is 38.8 Å². The van der Waals surface area contributed by atoms with E-state index in [0.717, 1.165) is 32.9 Å². The first-order valence-electron chi connectivity index (χ1n) is 6.89. The zero-order valence-corrected chi connectivity index (χ0v) is 12.5. The quantitative estimate of drug-likeness (QED) is 0.577. The minimum absolute atomic E-state index is 0.367. The third-order valence-electron chi connectivity index (χ3n) is 3.87. The molecule has 3 rings (SSSR count). The van der Waals surface area contributed by atoms with Crippen LogP contribution in [0.15, 0.2) is 24.5 Å². The van der Waals surface area contributed by atoms with Crippen LogP contribution in [-0.4, -0.2) is 9.97 Å². The fourth-order valence-electron chi connectivity index (χ4n) is 2.81. The lowest BCUT2D eigenvalue weighted by molar-refractivity contribution is 0.559. The van der Waals surface area contributed by atoms with Gasteiger partial charge in [-0.25, -0.2) is 0 Å². The van der Waals surface area contributed by atoms with Crippen LogP contribution in [0.3, 0.4) is 0 Å². The van der Waals surface area contributed by atoms with E-state index >= 15 is 0 Å². The van der Waals surface area contributed by atoms with Gasteiger partial charge in [0, 0.05) is 45.3 Å². The summed E-state index contributed by atoms with van der Waals surface area (Å²) in [5, 5.41) is 2.32. The predicted octanol–water partition coefficient (Wildman–Crippen LogP) is 3.04. The summed E-state index contributed by atoms with van der Waals surface area (Å²) in [6, 6.07) is 4.31. The lowest BCUT2D eigenvalue weighted by atomic mass is 9.92. The Morgan fingerprint density at radius 3 is 1.40 bits per heavy atom. The molecule has 0 amide bonds. The van der Waals surface area contributed by atoms with E-state index in [1.807, 2.05) is 40.1 Å². The summed E-state index contributed by atoms with van der Waals surface area (Å²) in [4.78, 5) is 6.64. The predicted molar refractivity (Wildman–Crippen MR) is 84.6 cm³/mol. The molecular weight excluding hydrogens is 248 g/mol. The fourth-order valence-corrected chi connectivity index (χ4v) is 2.81. The highest BCUT2D eigenvalue weighted by Gasteiger charge is 2.22. The molecule has 20 heavy (non-hydrogen) atoms. The molecule has 6 N–H and O–H groups in total. The van der Waals surface area contributed by atoms with Crippen LogP contribution in [0.1, 0.15) is 38.8 Å². The molecule has 2 aromatic heterocycles. The van der Waals surface area contributed by atoms with Gasteiger partial charge in [-0.3, -0.25) is 0 Å². The number of aromatic amines is 2. The minimum Gasteiger partial charge on any atom is -0.361 e. The van der Waals surface area contributed by atoms with Gasteiger partial charge in [0.15, 0.2) is 0 Å². The van der Waals surface area contributed by atoms with Gasteiger partial charge in [-0.05, 0) is 51.0 Å². The number of rotatable bonds is 2. The molecule has 0 saturated heterocycles. The van der Waals surface area contributed by atoms with Gasteiger partial charge in [0.25, 0.3) is 0 Å². The van der Waals surface area contributed by atoms with Crippen LogP contribution in [0.25, 0.3) is 21.8 Å². The number of hydrogen-bond acceptors (Lipinski definition) is 2. The second kappa shape index (κ2) is 3.87. The first-order chi connectivity index (χ1) is 9.18. The molecule has 4 nitrogen and oxygen atoms in total. The van der Waals surface area contributed by atoms with Gasteiger partial charge in [0.2, 0.25) is 0 Å². The van der Waals surface area contributed by atoms with Crippen molar-refractivity contribution >= 4 is 21.8 Å². The molecule has 0 fully saturated rings. The van der Waals surface area contributed by atoms with Gasteiger partial charge in [0.05, 0.1) is 0 Å². The molecule has 0 saturated carbocycles. The topological polar surface area (TPSA) is 83.6 Å². The van der Waals surface area contributed by atoms with Crippen molar-refractivity contribution < 1.29 is 0 Å². The summed E-state index contributed by atoms with van der Waals surface area (Å²) >= 11 is 0. The highest BCUT2D eigenvalue weighted by atomic mass is 14.8. The number of H-pyrrole nitrogens is 2. The summed E-state index contributed by atoms with van der Waals surface area (Å²) in [6.07, 6.45) is 3.99. The smallest absolute Gasteiger partial charge is 0.0465 e. The third kappa shape index (κ3) is 1.92. The van der Waals surface area contributed by atoms with E-state index in [4.69, 9.17) is 11.5 Å². The van der Waals surface area contributed by atoms with E-state index in [-0.39, 0.29) is 11.1 Å². The Kier molecular flexibility index (Phi) is 2.56. The number of nitrogens with two attached hydrogens (primary N) is 2. The standard InChI is InChI=1S/C16H22N4/c1-15(2,17)11-7-19-13-6-10-12(16(3,4)18)8-20-14(10)5-9(11)13/h5-8,19-20H,17-18H2,1-4H3. The maximum absolute atomic E-state index is 6.24. The van der Waals surface area contributed by atoms with Crippen LogP contribution in [0.4, 0.5) is 0 Å². The Bertz CT molecular complexity index is 710. The molecule has 3 aromatic rings. The normalized spacial score (nSPS) is 13.5. The van der Waals surface area contributed by atoms with Crippen LogP contribution in [-0.2, 0) is 11.1 Å². The Hall–Kier alpha value is -1.78. The lowest BCUT2D eigenvalue weighted by Crippen LogP contribution is -2.28. The van der Waals surface area contributed by atoms with Crippen molar-refractivity contribution in [3.05, 3.63) is 35.7 Å². The second-order valence-electron chi connectivity index (χ2n) is 6.79. The van der Waals surface area contributed by atoms with Crippen molar-refractivity contribution in [2.24, 2.45) is 11.5 Å². The van der Waals surface area contributed by atoms with Crippen LogP contribution in [0.5, 0.6) is 0 Å². The molecule has 1 aromatic carbocycles. The zero-order valence-electron chi connectivity index (χ0n) is 12.5. The summed E-state index contributed by atoms with van der Waals surface area (Å²) in [5.74, 6) is 0. The third-order valence-corrected chi connectivity index (χ3v) is 3.87. The van der Waals surface area contributed by atoms with Crippen LogP contribution in [0, 0.1) is 0 Å². The van der Waals surface area contributed by atoms with Crippen LogP contribution >= 0.6 is 0 Å². The minimum atomic E-state index is -0.367. The first-order valence-corrected chi connectivity index (χ1v) is 6.89. The summed E-state index contributed by atoms with van der Waals surface area (Å²) in [7, 11) is 0. The lowest BCUT2D eigenvalue weighted by Gasteiger charge is -2.18. The van der Waals surface area contributed by atoms with Crippen molar-refractivity contribution in [3.63, 3.8) is 0 Å². The van der Waals surface area contributed by atoms with Gasteiger partial charge >= 0.3 is 0 Å². The van der Waals surface area contributed by atoms with Gasteiger partial charge in [-0.15, -0.1) is 0 Å². The highest BCUT2D eigenvalue weighted by molar-refractivity contribution is 5.99. The molecule has 0 aliphatic rings. The number of nitrogens with one attached hydrogen (secondary N) is 2. The van der Waals surface area contributed by atoms with Crippen molar-refractivity contribution in [1.29, 1.82) is 0 Å². The SMILES string of the molecule is CC(C)(N)c1c[nH]c2cc3c(C(C)(C)N)c[nH]c3cc12. The van der Waals surface area contributed by atoms with E-state index in [0.29, 0.717) is 0 Å². The Balaban J connectivity index is 2.32. The molecule has 0 unspecified atom stereocenters. The van der Waals surface area contributed by atoms with Crippen molar-refractivity contribution in [3.8, 4) is 0 Å². The maximum atomic E-state index is 6.24. The second-order valence-corrected chi connectivity index (χ2v) is 6.79. The molecule has 0 aliphatic carbocycles. The molecule has 4 heteroatoms. The number of benzene rings is 1. The number of fused-ring (bicyclic) bond motifs is 2. The van der Waals surface area contributed by atoms with E-state index in [1.54, 1.807) is 0 Å². The van der Waals surface area contributed by atoms with Crippen molar-refractivity contribution in [2.75, 3.05) is 0 Å². The summed E-state index contributed by atoms with van der Waals surface area (Å²) in [6.45, 7) is 8.07. The van der Waals surface area contributed by atoms with Gasteiger partial charge in [-0.2, -0.15) is 0 Å². The molecule has 0 bridgehead atoms. The average Bonchev–Trinajstić information content (AvgIpc) is 2.85. The van der Waals surface area contributed by atoms with E-state index in [9.17, 15) is 0 Å². The summed E-state index contributed by atoms with van der Waals surface area (Å²) in [5.41, 5.74) is 16.2. The van der Waals surface area contributed by atoms with Crippen LogP contribution < -0.4 is 11.5 Å². The molecular formula is C16H22N4. The molecule has 106 valence electrons. The average molecular weight is 270 g/mol. The first kappa shape index (κ1) is 13.2. The van der Waals surface area contributed by atoms with Crippen LogP contribution in [0.2, 0.25) is 0 Å². The molecule has 0 atom stereocenters. The number of hydrogen-bond donors (Lipinski definition) is 4. The molecule has 0 spiro atoms. The zero-order chi connectivity index (χ0) is 14.7. The molecule has 0 aliphatic heterocycles. The Morgan fingerprint density at radius 1 is 0.750 bits per heavy atom. The van der Waals surface area contributed by atoms with E-state index < -0.39 is 0 Å². The van der Waals surface area contributed by atoms with E-state index in [2.05, 4.69) is 22.1 Å². The molecule has 0 radical (unpaired) electrons. The van der Waals surface area contributed by atoms with Crippen molar-refractivity contribution in [1.82, 2.24) is 9.97 Å². The van der Waals surface area contributed by atoms with Gasteiger partial charge in [-0.1, -0.05) is 0 Å².